The van der Waals surface area contributed by atoms with Crippen LogP contribution in [0, 0.1) is 0 Å². The molecule has 3 N–H and O–H groups in total. The number of amides is 2. The van der Waals surface area contributed by atoms with Gasteiger partial charge in [0.15, 0.2) is 0 Å². The molecule has 1 unspecified atom stereocenters. The van der Waals surface area contributed by atoms with E-state index in [1.807, 2.05) is 6.92 Å². The summed E-state index contributed by atoms with van der Waals surface area (Å²) >= 11 is 0. The number of hydrogen-bond donors (Lipinski definition) is 3. The number of anilines is 1. The van der Waals surface area contributed by atoms with Crippen LogP contribution >= 0.6 is 0 Å². The van der Waals surface area contributed by atoms with Crippen LogP contribution in [-0.4, -0.2) is 41.4 Å². The van der Waals surface area contributed by atoms with Gasteiger partial charge < -0.3 is 16.0 Å². The van der Waals surface area contributed by atoms with Gasteiger partial charge in [0.2, 0.25) is 5.91 Å². The average molecular weight is 265 g/mol. The van der Waals surface area contributed by atoms with Gasteiger partial charge in [0.1, 0.15) is 17.6 Å². The number of hydrogen-bond acceptors (Lipinski definition) is 5. The van der Waals surface area contributed by atoms with Gasteiger partial charge in [-0.2, -0.15) is 0 Å². The first-order chi connectivity index (χ1) is 9.08. The Morgan fingerprint density at radius 2 is 2.05 bits per heavy atom. The molecular formula is C12H19N5O2. The van der Waals surface area contributed by atoms with Crippen molar-refractivity contribution < 1.29 is 9.59 Å². The van der Waals surface area contributed by atoms with E-state index < -0.39 is 11.9 Å². The minimum Gasteiger partial charge on any atom is -0.372 e. The molecule has 0 saturated carbocycles. The fourth-order valence-corrected chi connectivity index (χ4v) is 1.31. The fourth-order valence-electron chi connectivity index (χ4n) is 1.31. The summed E-state index contributed by atoms with van der Waals surface area (Å²) in [5.41, 5.74) is 0.175. The van der Waals surface area contributed by atoms with Gasteiger partial charge in [-0.05, 0) is 13.3 Å². The second-order valence-corrected chi connectivity index (χ2v) is 4.02. The first-order valence-electron chi connectivity index (χ1n) is 6.16. The molecule has 1 atom stereocenters. The minimum atomic E-state index is -0.607. The Morgan fingerprint density at radius 1 is 1.32 bits per heavy atom. The summed E-state index contributed by atoms with van der Waals surface area (Å²) in [6.07, 6.45) is 3.66. The van der Waals surface area contributed by atoms with Crippen molar-refractivity contribution in [1.82, 2.24) is 20.6 Å². The molecule has 19 heavy (non-hydrogen) atoms. The zero-order valence-electron chi connectivity index (χ0n) is 11.4. The summed E-state index contributed by atoms with van der Waals surface area (Å²) in [6, 6.07) is -0.607. The van der Waals surface area contributed by atoms with E-state index in [1.54, 1.807) is 14.0 Å². The topological polar surface area (TPSA) is 96.0 Å². The largest absolute Gasteiger partial charge is 0.372 e. The summed E-state index contributed by atoms with van der Waals surface area (Å²) in [5.74, 6) is -0.0606. The molecule has 2 amide bonds. The Hall–Kier alpha value is -2.18. The molecule has 0 radical (unpaired) electrons. The maximum Gasteiger partial charge on any atom is 0.272 e. The predicted molar refractivity (Wildman–Crippen MR) is 71.8 cm³/mol. The number of nitrogens with one attached hydrogen (secondary N) is 3. The van der Waals surface area contributed by atoms with E-state index in [9.17, 15) is 9.59 Å². The maximum absolute atomic E-state index is 11.8. The summed E-state index contributed by atoms with van der Waals surface area (Å²) < 4.78 is 0. The number of carbonyl (C=O) groups is 2. The third kappa shape index (κ3) is 4.53. The third-order valence-electron chi connectivity index (χ3n) is 2.43. The molecule has 0 aliphatic carbocycles. The molecule has 0 aliphatic heterocycles. The molecule has 1 heterocycles. The lowest BCUT2D eigenvalue weighted by Gasteiger charge is -2.13. The van der Waals surface area contributed by atoms with Gasteiger partial charge in [-0.1, -0.05) is 6.92 Å². The van der Waals surface area contributed by atoms with Gasteiger partial charge in [0.05, 0.1) is 12.4 Å². The lowest BCUT2D eigenvalue weighted by molar-refractivity contribution is -0.122. The molecule has 0 aromatic carbocycles. The zero-order chi connectivity index (χ0) is 14.3. The van der Waals surface area contributed by atoms with E-state index in [0.717, 1.165) is 6.42 Å². The first-order valence-corrected chi connectivity index (χ1v) is 6.16. The van der Waals surface area contributed by atoms with E-state index in [0.29, 0.717) is 12.4 Å². The lowest BCUT2D eigenvalue weighted by atomic mass is 10.3. The number of carbonyl (C=O) groups excluding carboxylic acids is 2. The van der Waals surface area contributed by atoms with Gasteiger partial charge >= 0.3 is 0 Å². The van der Waals surface area contributed by atoms with Crippen LogP contribution in [0.3, 0.4) is 0 Å². The summed E-state index contributed by atoms with van der Waals surface area (Å²) in [6.45, 7) is 4.18. The van der Waals surface area contributed by atoms with Crippen LogP contribution in [0.15, 0.2) is 12.4 Å². The van der Waals surface area contributed by atoms with E-state index in [2.05, 4.69) is 25.9 Å². The Labute approximate surface area is 112 Å². The molecule has 7 nitrogen and oxygen atoms in total. The quantitative estimate of drug-likeness (QED) is 0.681. The van der Waals surface area contributed by atoms with E-state index in [-0.39, 0.29) is 11.6 Å². The molecule has 1 aromatic heterocycles. The van der Waals surface area contributed by atoms with Crippen LogP contribution in [0.5, 0.6) is 0 Å². The monoisotopic (exact) mass is 265 g/mol. The number of aromatic nitrogens is 2. The fraction of sp³-hybridized carbons (Fsp3) is 0.500. The molecular weight excluding hydrogens is 246 g/mol. The minimum absolute atomic E-state index is 0.175. The lowest BCUT2D eigenvalue weighted by Crippen LogP contribution is -2.45. The van der Waals surface area contributed by atoms with Gasteiger partial charge in [-0.3, -0.25) is 9.59 Å². The van der Waals surface area contributed by atoms with E-state index in [1.165, 1.54) is 12.4 Å². The highest BCUT2D eigenvalue weighted by molar-refractivity contribution is 5.95. The highest BCUT2D eigenvalue weighted by Gasteiger charge is 2.16. The standard InChI is InChI=1S/C12H19N5O2/c1-4-5-14-11(18)8(2)17-12(19)9-6-16-10(13-3)7-15-9/h6-8H,4-5H2,1-3H3,(H,13,16)(H,14,18)(H,17,19). The molecule has 0 fully saturated rings. The molecule has 0 spiro atoms. The van der Waals surface area contributed by atoms with Crippen molar-refractivity contribution >= 4 is 17.6 Å². The van der Waals surface area contributed by atoms with Gasteiger partial charge in [0, 0.05) is 13.6 Å². The highest BCUT2D eigenvalue weighted by Crippen LogP contribution is 2.00. The third-order valence-corrected chi connectivity index (χ3v) is 2.43. The average Bonchev–Trinajstić information content (AvgIpc) is 2.44. The van der Waals surface area contributed by atoms with Crippen LogP contribution in [0.2, 0.25) is 0 Å². The Balaban J connectivity index is 2.55. The van der Waals surface area contributed by atoms with E-state index >= 15 is 0 Å². The van der Waals surface area contributed by atoms with Crippen molar-refractivity contribution in [2.45, 2.75) is 26.3 Å². The highest BCUT2D eigenvalue weighted by atomic mass is 16.2. The summed E-state index contributed by atoms with van der Waals surface area (Å²) in [7, 11) is 1.71. The normalized spacial score (nSPS) is 11.5. The second-order valence-electron chi connectivity index (χ2n) is 4.02. The molecule has 1 rings (SSSR count). The number of nitrogens with zero attached hydrogens (tertiary/aromatic N) is 2. The van der Waals surface area contributed by atoms with Gasteiger partial charge in [-0.25, -0.2) is 9.97 Å². The molecule has 0 bridgehead atoms. The van der Waals surface area contributed by atoms with Crippen molar-refractivity contribution in [2.75, 3.05) is 18.9 Å². The van der Waals surface area contributed by atoms with Crippen LogP contribution < -0.4 is 16.0 Å². The molecule has 104 valence electrons. The Morgan fingerprint density at radius 3 is 2.58 bits per heavy atom. The van der Waals surface area contributed by atoms with E-state index in [4.69, 9.17) is 0 Å². The zero-order valence-corrected chi connectivity index (χ0v) is 11.4. The van der Waals surface area contributed by atoms with Crippen molar-refractivity contribution in [1.29, 1.82) is 0 Å². The maximum atomic E-state index is 11.8. The first kappa shape index (κ1) is 14.9. The molecule has 0 saturated heterocycles. The van der Waals surface area contributed by atoms with Gasteiger partial charge in [-0.15, -0.1) is 0 Å². The smallest absolute Gasteiger partial charge is 0.272 e. The Bertz CT molecular complexity index is 432. The van der Waals surface area contributed by atoms with Crippen LogP contribution in [0.4, 0.5) is 5.82 Å². The summed E-state index contributed by atoms with van der Waals surface area (Å²) in [4.78, 5) is 31.4. The predicted octanol–water partition coefficient (Wildman–Crippen LogP) is 0.163. The number of rotatable bonds is 6. The van der Waals surface area contributed by atoms with Crippen LogP contribution in [0.25, 0.3) is 0 Å². The van der Waals surface area contributed by atoms with Crippen LogP contribution in [0.1, 0.15) is 30.8 Å². The molecule has 1 aromatic rings. The van der Waals surface area contributed by atoms with Gasteiger partial charge in [0.25, 0.3) is 5.91 Å². The second kappa shape index (κ2) is 7.30. The SMILES string of the molecule is CCCNC(=O)C(C)NC(=O)c1cnc(NC)cn1. The Kier molecular flexibility index (Phi) is 5.72. The summed E-state index contributed by atoms with van der Waals surface area (Å²) in [5, 5.41) is 8.08. The van der Waals surface area contributed by atoms with Crippen molar-refractivity contribution in [3.63, 3.8) is 0 Å². The molecule has 0 aliphatic rings. The molecule has 7 heteroatoms. The van der Waals surface area contributed by atoms with Crippen molar-refractivity contribution in [3.05, 3.63) is 18.1 Å². The van der Waals surface area contributed by atoms with Crippen molar-refractivity contribution in [3.8, 4) is 0 Å². The van der Waals surface area contributed by atoms with Crippen molar-refractivity contribution in [2.24, 2.45) is 0 Å². The van der Waals surface area contributed by atoms with Crippen LogP contribution in [-0.2, 0) is 4.79 Å².